The number of hydrogen-bond donors (Lipinski definition) is 1. The summed E-state index contributed by atoms with van der Waals surface area (Å²) in [5, 5.41) is 0. The van der Waals surface area contributed by atoms with E-state index in [-0.39, 0.29) is 5.97 Å². The van der Waals surface area contributed by atoms with Crippen LogP contribution in [0.1, 0.15) is 17.3 Å². The minimum absolute atomic E-state index is 0.314. The lowest BCUT2D eigenvalue weighted by atomic mass is 10.2. The molecule has 0 aliphatic carbocycles. The number of anilines is 1. The van der Waals surface area contributed by atoms with Crippen molar-refractivity contribution < 1.29 is 9.53 Å². The van der Waals surface area contributed by atoms with Gasteiger partial charge in [0.1, 0.15) is 0 Å². The SMILES string of the molecule is CCN(CCN)c1cccc(C(=O)OC)c1. The molecule has 0 saturated heterocycles. The Balaban J connectivity index is 2.92. The van der Waals surface area contributed by atoms with Crippen molar-refractivity contribution in [1.29, 1.82) is 0 Å². The van der Waals surface area contributed by atoms with Gasteiger partial charge in [-0.25, -0.2) is 4.79 Å². The summed E-state index contributed by atoms with van der Waals surface area (Å²) in [7, 11) is 1.38. The first kappa shape index (κ1) is 12.5. The predicted molar refractivity (Wildman–Crippen MR) is 64.7 cm³/mol. The van der Waals surface area contributed by atoms with Crippen LogP contribution in [0.5, 0.6) is 0 Å². The highest BCUT2D eigenvalue weighted by Crippen LogP contribution is 2.16. The summed E-state index contributed by atoms with van der Waals surface area (Å²) >= 11 is 0. The molecule has 2 N–H and O–H groups in total. The number of esters is 1. The summed E-state index contributed by atoms with van der Waals surface area (Å²) in [6.45, 7) is 4.29. The molecule has 1 aromatic rings. The number of carbonyl (C=O) groups is 1. The lowest BCUT2D eigenvalue weighted by molar-refractivity contribution is 0.0601. The van der Waals surface area contributed by atoms with Crippen molar-refractivity contribution in [2.75, 3.05) is 31.6 Å². The Kier molecular flexibility index (Phi) is 4.79. The van der Waals surface area contributed by atoms with Crippen molar-refractivity contribution in [1.82, 2.24) is 0 Å². The molecule has 0 spiro atoms. The molecule has 0 bridgehead atoms. The largest absolute Gasteiger partial charge is 0.465 e. The average Bonchev–Trinajstić information content (AvgIpc) is 2.35. The van der Waals surface area contributed by atoms with Crippen LogP contribution in [0.3, 0.4) is 0 Å². The Morgan fingerprint density at radius 1 is 1.50 bits per heavy atom. The van der Waals surface area contributed by atoms with Crippen LogP contribution in [0, 0.1) is 0 Å². The number of likely N-dealkylation sites (N-methyl/N-ethyl adjacent to an activating group) is 1. The van der Waals surface area contributed by atoms with E-state index in [0.717, 1.165) is 18.8 Å². The van der Waals surface area contributed by atoms with Crippen LogP contribution >= 0.6 is 0 Å². The van der Waals surface area contributed by atoms with E-state index in [2.05, 4.69) is 16.6 Å². The number of rotatable bonds is 5. The number of hydrogen-bond acceptors (Lipinski definition) is 4. The normalized spacial score (nSPS) is 9.94. The molecule has 0 aliphatic rings. The van der Waals surface area contributed by atoms with Gasteiger partial charge in [0.15, 0.2) is 0 Å². The fraction of sp³-hybridized carbons (Fsp3) is 0.417. The Bertz CT molecular complexity index is 353. The molecule has 0 amide bonds. The molecule has 0 fully saturated rings. The van der Waals surface area contributed by atoms with Crippen LogP contribution in [0.15, 0.2) is 24.3 Å². The van der Waals surface area contributed by atoms with E-state index in [1.165, 1.54) is 7.11 Å². The minimum atomic E-state index is -0.314. The molecule has 16 heavy (non-hydrogen) atoms. The van der Waals surface area contributed by atoms with E-state index in [9.17, 15) is 4.79 Å². The number of nitrogens with zero attached hydrogens (tertiary/aromatic N) is 1. The van der Waals surface area contributed by atoms with Gasteiger partial charge in [0, 0.05) is 25.3 Å². The van der Waals surface area contributed by atoms with Gasteiger partial charge in [-0.15, -0.1) is 0 Å². The quantitative estimate of drug-likeness (QED) is 0.762. The molecular formula is C12H18N2O2. The molecule has 0 atom stereocenters. The Hall–Kier alpha value is -1.55. The topological polar surface area (TPSA) is 55.6 Å². The number of nitrogens with two attached hydrogens (primary N) is 1. The molecule has 0 aliphatic heterocycles. The van der Waals surface area contributed by atoms with Crippen LogP contribution < -0.4 is 10.6 Å². The van der Waals surface area contributed by atoms with Gasteiger partial charge >= 0.3 is 5.97 Å². The van der Waals surface area contributed by atoms with Crippen molar-refractivity contribution in [3.8, 4) is 0 Å². The lowest BCUT2D eigenvalue weighted by Gasteiger charge is -2.22. The first-order chi connectivity index (χ1) is 7.72. The third kappa shape index (κ3) is 2.97. The van der Waals surface area contributed by atoms with Gasteiger partial charge in [-0.05, 0) is 25.1 Å². The fourth-order valence-electron chi connectivity index (χ4n) is 1.57. The summed E-state index contributed by atoms with van der Waals surface area (Å²) in [4.78, 5) is 13.5. The van der Waals surface area contributed by atoms with E-state index < -0.39 is 0 Å². The van der Waals surface area contributed by atoms with Crippen LogP contribution in [0.25, 0.3) is 0 Å². The maximum Gasteiger partial charge on any atom is 0.337 e. The highest BCUT2D eigenvalue weighted by atomic mass is 16.5. The van der Waals surface area contributed by atoms with E-state index in [4.69, 9.17) is 5.73 Å². The van der Waals surface area contributed by atoms with Crippen LogP contribution in [0.2, 0.25) is 0 Å². The number of benzene rings is 1. The molecule has 0 heterocycles. The molecule has 88 valence electrons. The van der Waals surface area contributed by atoms with Gasteiger partial charge in [-0.3, -0.25) is 0 Å². The molecule has 4 nitrogen and oxygen atoms in total. The maximum absolute atomic E-state index is 11.4. The van der Waals surface area contributed by atoms with Gasteiger partial charge < -0.3 is 15.4 Å². The predicted octanol–water partition coefficient (Wildman–Crippen LogP) is 1.26. The Morgan fingerprint density at radius 3 is 2.81 bits per heavy atom. The zero-order chi connectivity index (χ0) is 12.0. The minimum Gasteiger partial charge on any atom is -0.465 e. The van der Waals surface area contributed by atoms with Gasteiger partial charge in [0.25, 0.3) is 0 Å². The molecule has 0 saturated carbocycles. The Labute approximate surface area is 96.0 Å². The second kappa shape index (κ2) is 6.12. The van der Waals surface area contributed by atoms with Crippen LogP contribution in [0.4, 0.5) is 5.69 Å². The molecular weight excluding hydrogens is 204 g/mol. The summed E-state index contributed by atoms with van der Waals surface area (Å²) in [6.07, 6.45) is 0. The molecule has 0 unspecified atom stereocenters. The van der Waals surface area contributed by atoms with E-state index >= 15 is 0 Å². The average molecular weight is 222 g/mol. The number of ether oxygens (including phenoxy) is 1. The van der Waals surface area contributed by atoms with E-state index in [1.54, 1.807) is 6.07 Å². The molecule has 1 rings (SSSR count). The highest BCUT2D eigenvalue weighted by molar-refractivity contribution is 5.90. The summed E-state index contributed by atoms with van der Waals surface area (Å²) in [5.41, 5.74) is 7.09. The van der Waals surface area contributed by atoms with Crippen molar-refractivity contribution in [3.05, 3.63) is 29.8 Å². The van der Waals surface area contributed by atoms with Gasteiger partial charge in [-0.2, -0.15) is 0 Å². The summed E-state index contributed by atoms with van der Waals surface area (Å²) in [6, 6.07) is 7.38. The van der Waals surface area contributed by atoms with Crippen molar-refractivity contribution >= 4 is 11.7 Å². The van der Waals surface area contributed by atoms with Crippen molar-refractivity contribution in [3.63, 3.8) is 0 Å². The fourth-order valence-corrected chi connectivity index (χ4v) is 1.57. The van der Waals surface area contributed by atoms with Crippen molar-refractivity contribution in [2.45, 2.75) is 6.92 Å². The molecule has 4 heteroatoms. The van der Waals surface area contributed by atoms with E-state index in [0.29, 0.717) is 12.1 Å². The number of methoxy groups -OCH3 is 1. The summed E-state index contributed by atoms with van der Waals surface area (Å²) < 4.78 is 4.68. The monoisotopic (exact) mass is 222 g/mol. The third-order valence-electron chi connectivity index (χ3n) is 2.41. The zero-order valence-electron chi connectivity index (χ0n) is 9.77. The molecule has 0 radical (unpaired) electrons. The zero-order valence-corrected chi connectivity index (χ0v) is 9.77. The van der Waals surface area contributed by atoms with Gasteiger partial charge in [0.2, 0.25) is 0 Å². The van der Waals surface area contributed by atoms with Gasteiger partial charge in [0.05, 0.1) is 12.7 Å². The second-order valence-electron chi connectivity index (χ2n) is 3.41. The van der Waals surface area contributed by atoms with Crippen molar-refractivity contribution in [2.24, 2.45) is 5.73 Å². The molecule has 1 aromatic carbocycles. The standard InChI is InChI=1S/C12H18N2O2/c1-3-14(8-7-13)11-6-4-5-10(9-11)12(15)16-2/h4-6,9H,3,7-8,13H2,1-2H3. The third-order valence-corrected chi connectivity index (χ3v) is 2.41. The maximum atomic E-state index is 11.4. The number of carbonyl (C=O) groups excluding carboxylic acids is 1. The lowest BCUT2D eigenvalue weighted by Crippen LogP contribution is -2.29. The van der Waals surface area contributed by atoms with E-state index in [1.807, 2.05) is 18.2 Å². The van der Waals surface area contributed by atoms with Gasteiger partial charge in [-0.1, -0.05) is 6.07 Å². The smallest absolute Gasteiger partial charge is 0.337 e. The second-order valence-corrected chi connectivity index (χ2v) is 3.41. The van der Waals surface area contributed by atoms with Crippen LogP contribution in [-0.2, 0) is 4.74 Å². The summed E-state index contributed by atoms with van der Waals surface area (Å²) in [5.74, 6) is -0.314. The van der Waals surface area contributed by atoms with Crippen LogP contribution in [-0.4, -0.2) is 32.7 Å². The first-order valence-corrected chi connectivity index (χ1v) is 5.36. The highest BCUT2D eigenvalue weighted by Gasteiger charge is 2.08. The molecule has 0 aromatic heterocycles. The Morgan fingerprint density at radius 2 is 2.25 bits per heavy atom. The first-order valence-electron chi connectivity index (χ1n) is 5.36.